The number of nitrogens with zero attached hydrogens (tertiary/aromatic N) is 3. The zero-order chi connectivity index (χ0) is 23.0. The maximum atomic E-state index is 13.3. The second-order valence-corrected chi connectivity index (χ2v) is 8.39. The molecule has 3 rings (SSSR count). The van der Waals surface area contributed by atoms with E-state index in [2.05, 4.69) is 25.2 Å². The highest BCUT2D eigenvalue weighted by Crippen LogP contribution is 2.27. The fourth-order valence-corrected chi connectivity index (χ4v) is 4.00. The first kappa shape index (κ1) is 23.0. The van der Waals surface area contributed by atoms with Crippen molar-refractivity contribution in [1.82, 2.24) is 14.7 Å². The van der Waals surface area contributed by atoms with Crippen molar-refractivity contribution in [3.8, 4) is 17.0 Å². The zero-order valence-electron chi connectivity index (χ0n) is 18.1. The van der Waals surface area contributed by atoms with E-state index in [9.17, 15) is 8.42 Å². The molecule has 32 heavy (non-hydrogen) atoms. The molecular formula is C22H25N5O4S. The van der Waals surface area contributed by atoms with E-state index >= 15 is 0 Å². The lowest BCUT2D eigenvalue weighted by Crippen LogP contribution is -2.37. The molecule has 168 valence electrons. The van der Waals surface area contributed by atoms with Gasteiger partial charge in [0.05, 0.1) is 12.0 Å². The van der Waals surface area contributed by atoms with Gasteiger partial charge in [0.25, 0.3) is 16.0 Å². The minimum absolute atomic E-state index is 0.0962. The number of methoxy groups -OCH3 is 1. The second kappa shape index (κ2) is 10.6. The van der Waals surface area contributed by atoms with Crippen LogP contribution in [0.5, 0.6) is 5.88 Å². The normalized spacial score (nSPS) is 11.7. The lowest BCUT2D eigenvalue weighted by molar-refractivity contribution is 0.144. The fraction of sp³-hybridized carbons (Fsp3) is 0.227. The van der Waals surface area contributed by atoms with E-state index in [1.165, 1.54) is 13.2 Å². The summed E-state index contributed by atoms with van der Waals surface area (Å²) in [5, 5.41) is 6.67. The summed E-state index contributed by atoms with van der Waals surface area (Å²) >= 11 is 0. The Morgan fingerprint density at radius 3 is 2.50 bits per heavy atom. The van der Waals surface area contributed by atoms with Crippen LogP contribution in [0.3, 0.4) is 0 Å². The summed E-state index contributed by atoms with van der Waals surface area (Å²) in [5.41, 5.74) is 1.96. The van der Waals surface area contributed by atoms with Gasteiger partial charge in [-0.2, -0.15) is 4.98 Å². The Bertz CT molecular complexity index is 1180. The molecule has 0 radical (unpaired) electrons. The Morgan fingerprint density at radius 2 is 1.78 bits per heavy atom. The van der Waals surface area contributed by atoms with Crippen LogP contribution in [-0.2, 0) is 14.9 Å². The smallest absolute Gasteiger partial charge is 0.264 e. The lowest BCUT2D eigenvalue weighted by Gasteiger charge is -2.15. The summed E-state index contributed by atoms with van der Waals surface area (Å²) in [6.07, 6.45) is 0.704. The Hall–Kier alpha value is -3.66. The van der Waals surface area contributed by atoms with E-state index in [0.717, 1.165) is 5.56 Å². The standard InChI is InChI=1S/C22H25N5O4S/c1-4-14-31-26-22(25-21-23-16(2)15-20(24-21)30-3)27-32(28,29)19-13-9-8-12-18(19)17-10-6-5-7-11-17/h5-13,15H,4,14H2,1-3H3,(H2,23,24,25,26,27). The molecule has 0 aliphatic heterocycles. The van der Waals surface area contributed by atoms with Crippen molar-refractivity contribution in [1.29, 1.82) is 0 Å². The molecule has 0 fully saturated rings. The number of ether oxygens (including phenoxy) is 1. The third kappa shape index (κ3) is 5.94. The van der Waals surface area contributed by atoms with Gasteiger partial charge in [-0.25, -0.2) is 18.1 Å². The van der Waals surface area contributed by atoms with Crippen LogP contribution in [-0.4, -0.2) is 38.1 Å². The van der Waals surface area contributed by atoms with Crippen molar-refractivity contribution in [2.75, 3.05) is 19.0 Å². The summed E-state index contributed by atoms with van der Waals surface area (Å²) in [5.74, 6) is 0.264. The van der Waals surface area contributed by atoms with Gasteiger partial charge in [0.1, 0.15) is 6.61 Å². The van der Waals surface area contributed by atoms with Gasteiger partial charge in [0.15, 0.2) is 0 Å². The average Bonchev–Trinajstić information content (AvgIpc) is 2.79. The first-order valence-corrected chi connectivity index (χ1v) is 11.4. The van der Waals surface area contributed by atoms with Crippen molar-refractivity contribution < 1.29 is 18.0 Å². The molecule has 9 nitrogen and oxygen atoms in total. The van der Waals surface area contributed by atoms with Gasteiger partial charge in [-0.15, -0.1) is 0 Å². The number of benzene rings is 2. The van der Waals surface area contributed by atoms with E-state index < -0.39 is 10.0 Å². The number of nitrogens with one attached hydrogen (secondary N) is 2. The number of oxime groups is 1. The molecule has 0 amide bonds. The quantitative estimate of drug-likeness (QED) is 0.231. The van der Waals surface area contributed by atoms with Crippen LogP contribution in [0, 0.1) is 6.92 Å². The molecule has 0 unspecified atom stereocenters. The third-order valence-electron chi connectivity index (χ3n) is 4.21. The molecule has 0 aliphatic carbocycles. The van der Waals surface area contributed by atoms with Gasteiger partial charge in [-0.05, 0) is 30.1 Å². The number of aryl methyl sites for hydroxylation is 1. The van der Waals surface area contributed by atoms with Gasteiger partial charge in [0, 0.05) is 17.3 Å². The monoisotopic (exact) mass is 455 g/mol. The van der Waals surface area contributed by atoms with E-state index in [-0.39, 0.29) is 16.8 Å². The molecule has 0 saturated carbocycles. The van der Waals surface area contributed by atoms with Crippen LogP contribution in [0.1, 0.15) is 19.0 Å². The number of anilines is 1. The molecule has 2 N–H and O–H groups in total. The van der Waals surface area contributed by atoms with Gasteiger partial charge in [-0.1, -0.05) is 55.5 Å². The summed E-state index contributed by atoms with van der Waals surface area (Å²) in [4.78, 5) is 13.7. The maximum Gasteiger partial charge on any atom is 0.264 e. The summed E-state index contributed by atoms with van der Waals surface area (Å²) in [6.45, 7) is 3.99. The molecule has 1 aromatic heterocycles. The number of sulfonamides is 1. The summed E-state index contributed by atoms with van der Waals surface area (Å²) in [6, 6.07) is 17.6. The molecule has 0 saturated heterocycles. The van der Waals surface area contributed by atoms with Crippen LogP contribution < -0.4 is 14.8 Å². The Labute approximate surface area is 187 Å². The van der Waals surface area contributed by atoms with Crippen molar-refractivity contribution in [3.05, 3.63) is 66.4 Å². The minimum Gasteiger partial charge on any atom is -0.481 e. The van der Waals surface area contributed by atoms with Crippen LogP contribution in [0.4, 0.5) is 5.95 Å². The maximum absolute atomic E-state index is 13.3. The van der Waals surface area contributed by atoms with Crippen molar-refractivity contribution in [2.24, 2.45) is 5.16 Å². The fourth-order valence-electron chi connectivity index (χ4n) is 2.81. The van der Waals surface area contributed by atoms with Gasteiger partial charge in [-0.3, -0.25) is 5.32 Å². The first-order valence-electron chi connectivity index (χ1n) is 9.97. The van der Waals surface area contributed by atoms with E-state index in [1.54, 1.807) is 31.2 Å². The van der Waals surface area contributed by atoms with Crippen molar-refractivity contribution in [2.45, 2.75) is 25.2 Å². The predicted octanol–water partition coefficient (Wildman–Crippen LogP) is 3.55. The lowest BCUT2D eigenvalue weighted by atomic mass is 10.1. The summed E-state index contributed by atoms with van der Waals surface area (Å²) in [7, 11) is -2.55. The molecule has 10 heteroatoms. The highest BCUT2D eigenvalue weighted by atomic mass is 32.2. The highest BCUT2D eigenvalue weighted by Gasteiger charge is 2.22. The van der Waals surface area contributed by atoms with E-state index in [1.807, 2.05) is 37.3 Å². The molecule has 0 atom stereocenters. The predicted molar refractivity (Wildman–Crippen MR) is 123 cm³/mol. The SMILES string of the molecule is CCCO/N=C(/Nc1nc(C)cc(OC)n1)NS(=O)(=O)c1ccccc1-c1ccccc1. The molecule has 0 bridgehead atoms. The Morgan fingerprint density at radius 1 is 1.06 bits per heavy atom. The molecule has 2 aromatic carbocycles. The average molecular weight is 456 g/mol. The molecule has 3 aromatic rings. The van der Waals surface area contributed by atoms with Gasteiger partial charge < -0.3 is 9.57 Å². The van der Waals surface area contributed by atoms with Crippen LogP contribution in [0.2, 0.25) is 0 Å². The Kier molecular flexibility index (Phi) is 7.61. The van der Waals surface area contributed by atoms with Crippen molar-refractivity contribution in [3.63, 3.8) is 0 Å². The number of hydrogen-bond donors (Lipinski definition) is 2. The molecule has 0 spiro atoms. The molecule has 0 aliphatic rings. The zero-order valence-corrected chi connectivity index (χ0v) is 18.9. The number of rotatable bonds is 8. The number of aromatic nitrogens is 2. The third-order valence-corrected chi connectivity index (χ3v) is 5.61. The topological polar surface area (TPSA) is 115 Å². The van der Waals surface area contributed by atoms with E-state index in [4.69, 9.17) is 9.57 Å². The molecule has 1 heterocycles. The number of guanidine groups is 1. The van der Waals surface area contributed by atoms with E-state index in [0.29, 0.717) is 30.2 Å². The molecular weight excluding hydrogens is 430 g/mol. The van der Waals surface area contributed by atoms with Gasteiger partial charge >= 0.3 is 0 Å². The summed E-state index contributed by atoms with van der Waals surface area (Å²) < 4.78 is 34.2. The van der Waals surface area contributed by atoms with Crippen molar-refractivity contribution >= 4 is 21.9 Å². The Balaban J connectivity index is 1.94. The highest BCUT2D eigenvalue weighted by molar-refractivity contribution is 7.90. The largest absolute Gasteiger partial charge is 0.481 e. The van der Waals surface area contributed by atoms with Crippen LogP contribution >= 0.6 is 0 Å². The van der Waals surface area contributed by atoms with Crippen LogP contribution in [0.15, 0.2) is 70.7 Å². The number of hydrogen-bond acceptors (Lipinski definition) is 7. The van der Waals surface area contributed by atoms with Gasteiger partial charge in [0.2, 0.25) is 11.8 Å². The second-order valence-electron chi connectivity index (χ2n) is 6.74. The van der Waals surface area contributed by atoms with Crippen LogP contribution in [0.25, 0.3) is 11.1 Å². The first-order chi connectivity index (χ1) is 15.4. The minimum atomic E-state index is -4.03.